The molecule has 2 rings (SSSR count). The lowest BCUT2D eigenvalue weighted by molar-refractivity contribution is 0.462. The van der Waals surface area contributed by atoms with Crippen molar-refractivity contribution in [1.29, 1.82) is 0 Å². The van der Waals surface area contributed by atoms with Crippen LogP contribution in [0.15, 0.2) is 24.3 Å². The second-order valence-corrected chi connectivity index (χ2v) is 6.00. The van der Waals surface area contributed by atoms with Crippen LogP contribution in [0, 0.1) is 6.92 Å². The van der Waals surface area contributed by atoms with Crippen LogP contribution >= 0.6 is 34.8 Å². The minimum atomic E-state index is 0.168. The highest BCUT2D eigenvalue weighted by Crippen LogP contribution is 2.34. The molecule has 20 heavy (non-hydrogen) atoms. The summed E-state index contributed by atoms with van der Waals surface area (Å²) in [4.78, 5) is 4.03. The van der Waals surface area contributed by atoms with Crippen LogP contribution in [0.3, 0.4) is 0 Å². The van der Waals surface area contributed by atoms with Gasteiger partial charge in [-0.2, -0.15) is 4.98 Å². The summed E-state index contributed by atoms with van der Waals surface area (Å²) >= 11 is 17.7. The number of aryl methyl sites for hydroxylation is 1. The van der Waals surface area contributed by atoms with Gasteiger partial charge in [-0.15, -0.1) is 0 Å². The summed E-state index contributed by atoms with van der Waals surface area (Å²) < 4.78 is 5.67. The summed E-state index contributed by atoms with van der Waals surface area (Å²) in [6.07, 6.45) is 0. The third-order valence-corrected chi connectivity index (χ3v) is 3.88. The Labute approximate surface area is 133 Å². The second-order valence-electron chi connectivity index (χ2n) is 4.82. The molecule has 0 aliphatic carbocycles. The van der Waals surface area contributed by atoms with Crippen LogP contribution in [0.2, 0.25) is 15.2 Å². The maximum Gasteiger partial charge on any atom is 0.239 e. The Kier molecular flexibility index (Phi) is 4.79. The molecule has 0 atom stereocenters. The van der Waals surface area contributed by atoms with Gasteiger partial charge in [-0.1, -0.05) is 54.7 Å². The Morgan fingerprint density at radius 3 is 2.35 bits per heavy atom. The Morgan fingerprint density at radius 2 is 1.75 bits per heavy atom. The van der Waals surface area contributed by atoms with Crippen LogP contribution in [0.5, 0.6) is 11.6 Å². The lowest BCUT2D eigenvalue weighted by Crippen LogP contribution is -1.94. The molecule has 0 saturated heterocycles. The molecule has 2 nitrogen and oxygen atoms in total. The summed E-state index contributed by atoms with van der Waals surface area (Å²) in [6, 6.07) is 7.41. The standard InChI is InChI=1S/C15H14Cl3NO/c1-8(2)11-5-4-10(6-9(11)3)20-15-13(17)7-12(16)14(18)19-15/h4-8H,1-3H3. The molecule has 0 fully saturated rings. The van der Waals surface area contributed by atoms with Crippen molar-refractivity contribution in [1.82, 2.24) is 4.98 Å². The average Bonchev–Trinajstić information content (AvgIpc) is 2.35. The molecule has 0 spiro atoms. The van der Waals surface area contributed by atoms with E-state index in [1.54, 1.807) is 0 Å². The number of aromatic nitrogens is 1. The fourth-order valence-electron chi connectivity index (χ4n) is 1.97. The maximum atomic E-state index is 6.04. The van der Waals surface area contributed by atoms with Crippen molar-refractivity contribution >= 4 is 34.8 Å². The minimum Gasteiger partial charge on any atom is -0.437 e. The minimum absolute atomic E-state index is 0.168. The van der Waals surface area contributed by atoms with E-state index in [9.17, 15) is 0 Å². The van der Waals surface area contributed by atoms with E-state index in [1.807, 2.05) is 25.1 Å². The van der Waals surface area contributed by atoms with Gasteiger partial charge in [-0.25, -0.2) is 0 Å². The highest BCUT2D eigenvalue weighted by molar-refractivity contribution is 6.42. The molecule has 0 unspecified atom stereocenters. The van der Waals surface area contributed by atoms with E-state index in [0.29, 0.717) is 21.7 Å². The first-order chi connectivity index (χ1) is 9.38. The number of hydrogen-bond donors (Lipinski definition) is 0. The zero-order valence-corrected chi connectivity index (χ0v) is 13.6. The van der Waals surface area contributed by atoms with Crippen molar-refractivity contribution in [2.24, 2.45) is 0 Å². The first-order valence-corrected chi connectivity index (χ1v) is 7.32. The van der Waals surface area contributed by atoms with Gasteiger partial charge in [0.05, 0.1) is 5.02 Å². The molecule has 5 heteroatoms. The van der Waals surface area contributed by atoms with Gasteiger partial charge in [-0.3, -0.25) is 0 Å². The lowest BCUT2D eigenvalue weighted by atomic mass is 9.98. The molecule has 0 N–H and O–H groups in total. The van der Waals surface area contributed by atoms with Crippen molar-refractivity contribution in [3.63, 3.8) is 0 Å². The summed E-state index contributed by atoms with van der Waals surface area (Å²) in [5, 5.41) is 0.793. The van der Waals surface area contributed by atoms with Crippen LogP contribution in [0.1, 0.15) is 30.9 Å². The van der Waals surface area contributed by atoms with Crippen molar-refractivity contribution in [2.75, 3.05) is 0 Å². The Morgan fingerprint density at radius 1 is 1.05 bits per heavy atom. The first-order valence-electron chi connectivity index (χ1n) is 6.18. The van der Waals surface area contributed by atoms with Gasteiger partial charge in [0.15, 0.2) is 5.15 Å². The lowest BCUT2D eigenvalue weighted by Gasteiger charge is -2.12. The highest BCUT2D eigenvalue weighted by Gasteiger charge is 2.11. The molecule has 106 valence electrons. The first kappa shape index (κ1) is 15.4. The Bertz CT molecular complexity index is 641. The molecule has 1 aromatic heterocycles. The second kappa shape index (κ2) is 6.21. The fraction of sp³-hybridized carbons (Fsp3) is 0.267. The van der Waals surface area contributed by atoms with E-state index < -0.39 is 0 Å². The number of halogens is 3. The zero-order valence-electron chi connectivity index (χ0n) is 11.4. The normalized spacial score (nSPS) is 10.9. The van der Waals surface area contributed by atoms with Gasteiger partial charge >= 0.3 is 0 Å². The predicted octanol–water partition coefficient (Wildman–Crippen LogP) is 6.27. The van der Waals surface area contributed by atoms with E-state index in [2.05, 4.69) is 18.8 Å². The summed E-state index contributed by atoms with van der Waals surface area (Å²) in [7, 11) is 0. The van der Waals surface area contributed by atoms with Gasteiger partial charge in [0.1, 0.15) is 10.8 Å². The third-order valence-electron chi connectivity index (χ3n) is 2.93. The van der Waals surface area contributed by atoms with Crippen molar-refractivity contribution < 1.29 is 4.74 Å². The molecule has 0 aliphatic heterocycles. The topological polar surface area (TPSA) is 22.1 Å². The van der Waals surface area contributed by atoms with Crippen LogP contribution in [0.25, 0.3) is 0 Å². The molecule has 0 aliphatic rings. The number of benzene rings is 1. The largest absolute Gasteiger partial charge is 0.437 e. The van der Waals surface area contributed by atoms with E-state index in [1.165, 1.54) is 11.6 Å². The average molecular weight is 331 g/mol. The van der Waals surface area contributed by atoms with Gasteiger partial charge in [-0.05, 0) is 42.2 Å². The molecule has 2 aromatic rings. The Balaban J connectivity index is 2.31. The van der Waals surface area contributed by atoms with Crippen molar-refractivity contribution in [3.8, 4) is 11.6 Å². The molecular formula is C15H14Cl3NO. The number of nitrogens with zero attached hydrogens (tertiary/aromatic N) is 1. The molecule has 0 saturated carbocycles. The summed E-state index contributed by atoms with van der Waals surface area (Å²) in [5.41, 5.74) is 2.44. The van der Waals surface area contributed by atoms with Crippen LogP contribution < -0.4 is 4.74 Å². The number of rotatable bonds is 3. The molecular weight excluding hydrogens is 317 g/mol. The Hall–Kier alpha value is -0.960. The highest BCUT2D eigenvalue weighted by atomic mass is 35.5. The van der Waals surface area contributed by atoms with E-state index >= 15 is 0 Å². The quantitative estimate of drug-likeness (QED) is 0.619. The summed E-state index contributed by atoms with van der Waals surface area (Å²) in [6.45, 7) is 6.35. The molecule has 0 amide bonds. The SMILES string of the molecule is Cc1cc(Oc2nc(Cl)c(Cl)cc2Cl)ccc1C(C)C. The monoisotopic (exact) mass is 329 g/mol. The van der Waals surface area contributed by atoms with Gasteiger partial charge in [0.25, 0.3) is 0 Å². The number of hydrogen-bond acceptors (Lipinski definition) is 2. The smallest absolute Gasteiger partial charge is 0.239 e. The van der Waals surface area contributed by atoms with E-state index in [-0.39, 0.29) is 11.0 Å². The molecule has 1 heterocycles. The van der Waals surface area contributed by atoms with E-state index in [0.717, 1.165) is 5.56 Å². The zero-order chi connectivity index (χ0) is 14.9. The molecule has 0 bridgehead atoms. The molecule has 1 aromatic carbocycles. The molecule has 0 radical (unpaired) electrons. The van der Waals surface area contributed by atoms with Crippen LogP contribution in [-0.2, 0) is 0 Å². The number of ether oxygens (including phenoxy) is 1. The van der Waals surface area contributed by atoms with Crippen molar-refractivity contribution in [3.05, 3.63) is 50.6 Å². The van der Waals surface area contributed by atoms with Crippen LogP contribution in [0.4, 0.5) is 0 Å². The van der Waals surface area contributed by atoms with Gasteiger partial charge in [0, 0.05) is 0 Å². The fourth-order valence-corrected chi connectivity index (χ4v) is 2.50. The predicted molar refractivity (Wildman–Crippen MR) is 84.6 cm³/mol. The van der Waals surface area contributed by atoms with Gasteiger partial charge in [0.2, 0.25) is 5.88 Å². The number of pyridine rings is 1. The van der Waals surface area contributed by atoms with Crippen molar-refractivity contribution in [2.45, 2.75) is 26.7 Å². The van der Waals surface area contributed by atoms with Crippen LogP contribution in [-0.4, -0.2) is 4.98 Å². The van der Waals surface area contributed by atoms with E-state index in [4.69, 9.17) is 39.5 Å². The third kappa shape index (κ3) is 3.38. The van der Waals surface area contributed by atoms with Gasteiger partial charge < -0.3 is 4.74 Å². The summed E-state index contributed by atoms with van der Waals surface area (Å²) in [5.74, 6) is 1.38. The maximum absolute atomic E-state index is 6.04.